The molecule has 6 nitrogen and oxygen atoms in total. The number of sulfonamides is 1. The van der Waals surface area contributed by atoms with Gasteiger partial charge in [0.15, 0.2) is 0 Å². The molecule has 1 aromatic heterocycles. The molecule has 1 aliphatic rings. The molecule has 1 fully saturated rings. The highest BCUT2D eigenvalue weighted by atomic mass is 32.2. The number of carbonyl (C=O) groups is 1. The third-order valence-electron chi connectivity index (χ3n) is 2.59. The van der Waals surface area contributed by atoms with E-state index in [4.69, 9.17) is 5.14 Å². The molecule has 1 unspecified atom stereocenters. The number of primary sulfonamides is 1. The number of thiazole rings is 1. The molecule has 17 heavy (non-hydrogen) atoms. The van der Waals surface area contributed by atoms with Crippen LogP contribution < -0.4 is 5.14 Å². The standard InChI is InChI=1S/C9H13N3O3S2/c10-17(14,15)5-7-1-9(13)12(3-7)4-8-2-11-6-16-8/h2,6-7H,1,3-5H2,(H2,10,14,15). The molecule has 1 aliphatic heterocycles. The van der Waals surface area contributed by atoms with E-state index in [0.717, 1.165) is 4.88 Å². The number of hydrogen-bond acceptors (Lipinski definition) is 5. The molecule has 2 rings (SSSR count). The van der Waals surface area contributed by atoms with Crippen molar-refractivity contribution in [3.05, 3.63) is 16.6 Å². The highest BCUT2D eigenvalue weighted by molar-refractivity contribution is 7.89. The minimum Gasteiger partial charge on any atom is -0.337 e. The number of likely N-dealkylation sites (tertiary alicyclic amines) is 1. The number of nitrogens with zero attached hydrogens (tertiary/aromatic N) is 2. The maximum atomic E-state index is 11.7. The number of amides is 1. The third kappa shape index (κ3) is 3.48. The van der Waals surface area contributed by atoms with Gasteiger partial charge in [-0.2, -0.15) is 0 Å². The summed E-state index contributed by atoms with van der Waals surface area (Å²) in [5.74, 6) is -0.338. The van der Waals surface area contributed by atoms with Crippen LogP contribution in [0.2, 0.25) is 0 Å². The molecule has 0 radical (unpaired) electrons. The van der Waals surface area contributed by atoms with Gasteiger partial charge in [0.05, 0.1) is 17.8 Å². The lowest BCUT2D eigenvalue weighted by Gasteiger charge is -2.14. The number of hydrogen-bond donors (Lipinski definition) is 1. The van der Waals surface area contributed by atoms with Gasteiger partial charge in [-0.3, -0.25) is 9.78 Å². The molecule has 1 aromatic rings. The summed E-state index contributed by atoms with van der Waals surface area (Å²) in [6.45, 7) is 0.956. The fourth-order valence-electron chi connectivity index (χ4n) is 1.96. The first-order chi connectivity index (χ1) is 7.94. The lowest BCUT2D eigenvalue weighted by Crippen LogP contribution is -2.27. The Balaban J connectivity index is 1.96. The van der Waals surface area contributed by atoms with E-state index >= 15 is 0 Å². The smallest absolute Gasteiger partial charge is 0.223 e. The number of aromatic nitrogens is 1. The van der Waals surface area contributed by atoms with Crippen molar-refractivity contribution in [3.63, 3.8) is 0 Å². The topological polar surface area (TPSA) is 93.4 Å². The quantitative estimate of drug-likeness (QED) is 0.822. The predicted octanol–water partition coefficient (Wildman–Crippen LogP) is -0.220. The van der Waals surface area contributed by atoms with Crippen molar-refractivity contribution in [2.24, 2.45) is 11.1 Å². The van der Waals surface area contributed by atoms with E-state index in [0.29, 0.717) is 13.1 Å². The Morgan fingerprint density at radius 1 is 1.59 bits per heavy atom. The van der Waals surface area contributed by atoms with Crippen molar-refractivity contribution in [3.8, 4) is 0 Å². The van der Waals surface area contributed by atoms with E-state index < -0.39 is 10.0 Å². The Bertz CT molecular complexity index is 498. The SMILES string of the molecule is NS(=O)(=O)CC1CC(=O)N(Cc2cncs2)C1. The van der Waals surface area contributed by atoms with Crippen molar-refractivity contribution in [1.82, 2.24) is 9.88 Å². The molecule has 1 saturated heterocycles. The number of carbonyl (C=O) groups excluding carboxylic acids is 1. The van der Waals surface area contributed by atoms with E-state index in [-0.39, 0.29) is 24.0 Å². The van der Waals surface area contributed by atoms with Gasteiger partial charge in [-0.25, -0.2) is 13.6 Å². The van der Waals surface area contributed by atoms with E-state index in [2.05, 4.69) is 4.98 Å². The molecular weight excluding hydrogens is 262 g/mol. The van der Waals surface area contributed by atoms with Gasteiger partial charge in [0, 0.05) is 30.0 Å². The third-order valence-corrected chi connectivity index (χ3v) is 4.29. The molecule has 1 amide bonds. The zero-order valence-electron chi connectivity index (χ0n) is 9.07. The minimum absolute atomic E-state index is 0.0212. The van der Waals surface area contributed by atoms with Crippen LogP contribution in [0.4, 0.5) is 0 Å². The lowest BCUT2D eigenvalue weighted by atomic mass is 10.1. The molecule has 2 N–H and O–H groups in total. The van der Waals surface area contributed by atoms with Crippen LogP contribution in [-0.2, 0) is 21.4 Å². The summed E-state index contributed by atoms with van der Waals surface area (Å²) in [7, 11) is -3.51. The highest BCUT2D eigenvalue weighted by Gasteiger charge is 2.31. The van der Waals surface area contributed by atoms with Gasteiger partial charge in [0.25, 0.3) is 0 Å². The first-order valence-electron chi connectivity index (χ1n) is 5.09. The molecule has 94 valence electrons. The summed E-state index contributed by atoms with van der Waals surface area (Å²) in [6, 6.07) is 0. The molecule has 0 aliphatic carbocycles. The fourth-order valence-corrected chi connectivity index (χ4v) is 3.44. The largest absolute Gasteiger partial charge is 0.337 e. The molecule has 1 atom stereocenters. The van der Waals surface area contributed by atoms with E-state index in [1.807, 2.05) is 0 Å². The second-order valence-corrected chi connectivity index (χ2v) is 6.77. The molecule has 8 heteroatoms. The normalized spacial score (nSPS) is 21.1. The van der Waals surface area contributed by atoms with Crippen LogP contribution in [0.25, 0.3) is 0 Å². The summed E-state index contributed by atoms with van der Waals surface area (Å²) in [4.78, 5) is 18.3. The van der Waals surface area contributed by atoms with Gasteiger partial charge in [-0.1, -0.05) is 0 Å². The van der Waals surface area contributed by atoms with Crippen LogP contribution in [-0.4, -0.2) is 36.5 Å². The molecule has 0 spiro atoms. The lowest BCUT2D eigenvalue weighted by molar-refractivity contribution is -0.128. The fraction of sp³-hybridized carbons (Fsp3) is 0.556. The van der Waals surface area contributed by atoms with Crippen LogP contribution in [0.5, 0.6) is 0 Å². The first-order valence-corrected chi connectivity index (χ1v) is 7.69. The zero-order valence-corrected chi connectivity index (χ0v) is 10.7. The highest BCUT2D eigenvalue weighted by Crippen LogP contribution is 2.21. The number of rotatable bonds is 4. The molecule has 2 heterocycles. The molecule has 0 aromatic carbocycles. The molecular formula is C9H13N3O3S2. The van der Waals surface area contributed by atoms with Gasteiger partial charge in [-0.05, 0) is 0 Å². The van der Waals surface area contributed by atoms with Crippen molar-refractivity contribution < 1.29 is 13.2 Å². The second-order valence-electron chi connectivity index (χ2n) is 4.14. The summed E-state index contributed by atoms with van der Waals surface area (Å²) >= 11 is 1.48. The summed E-state index contributed by atoms with van der Waals surface area (Å²) in [6.07, 6.45) is 1.97. The average Bonchev–Trinajstić information content (AvgIpc) is 2.75. The van der Waals surface area contributed by atoms with Crippen molar-refractivity contribution in [2.45, 2.75) is 13.0 Å². The van der Waals surface area contributed by atoms with Gasteiger partial charge < -0.3 is 4.90 Å². The Morgan fingerprint density at radius 3 is 2.94 bits per heavy atom. The minimum atomic E-state index is -3.51. The Kier molecular flexibility index (Phi) is 3.45. The van der Waals surface area contributed by atoms with Crippen LogP contribution in [0.3, 0.4) is 0 Å². The van der Waals surface area contributed by atoms with Crippen molar-refractivity contribution in [1.29, 1.82) is 0 Å². The van der Waals surface area contributed by atoms with Crippen LogP contribution in [0, 0.1) is 5.92 Å². The Morgan fingerprint density at radius 2 is 2.35 bits per heavy atom. The Labute approximate surface area is 103 Å². The maximum Gasteiger partial charge on any atom is 0.223 e. The van der Waals surface area contributed by atoms with Crippen LogP contribution >= 0.6 is 11.3 Å². The zero-order chi connectivity index (χ0) is 12.5. The summed E-state index contributed by atoms with van der Waals surface area (Å²) in [5, 5.41) is 4.98. The van der Waals surface area contributed by atoms with Gasteiger partial charge in [0.2, 0.25) is 15.9 Å². The van der Waals surface area contributed by atoms with E-state index in [9.17, 15) is 13.2 Å². The van der Waals surface area contributed by atoms with Gasteiger partial charge >= 0.3 is 0 Å². The molecule has 0 bridgehead atoms. The van der Waals surface area contributed by atoms with Crippen LogP contribution in [0.1, 0.15) is 11.3 Å². The summed E-state index contributed by atoms with van der Waals surface area (Å²) < 4.78 is 21.9. The van der Waals surface area contributed by atoms with Gasteiger partial charge in [-0.15, -0.1) is 11.3 Å². The van der Waals surface area contributed by atoms with E-state index in [1.54, 1.807) is 16.6 Å². The number of nitrogens with two attached hydrogens (primary N) is 1. The average molecular weight is 275 g/mol. The second kappa shape index (κ2) is 4.71. The first kappa shape index (κ1) is 12.5. The van der Waals surface area contributed by atoms with Gasteiger partial charge in [0.1, 0.15) is 0 Å². The molecule has 0 saturated carbocycles. The predicted molar refractivity (Wildman–Crippen MR) is 63.6 cm³/mol. The maximum absolute atomic E-state index is 11.7. The van der Waals surface area contributed by atoms with E-state index in [1.165, 1.54) is 11.3 Å². The monoisotopic (exact) mass is 275 g/mol. The summed E-state index contributed by atoms with van der Waals surface area (Å²) in [5.41, 5.74) is 1.71. The Hall–Kier alpha value is -0.990. The van der Waals surface area contributed by atoms with Crippen molar-refractivity contribution in [2.75, 3.05) is 12.3 Å². The van der Waals surface area contributed by atoms with Crippen LogP contribution in [0.15, 0.2) is 11.7 Å². The van der Waals surface area contributed by atoms with Crippen molar-refractivity contribution >= 4 is 27.3 Å².